The van der Waals surface area contributed by atoms with Gasteiger partial charge in [0.2, 0.25) is 0 Å². The van der Waals surface area contributed by atoms with Crippen molar-refractivity contribution < 1.29 is 19.1 Å². The third-order valence-electron chi connectivity index (χ3n) is 10.1. The van der Waals surface area contributed by atoms with Crippen LogP contribution in [0.4, 0.5) is 4.39 Å². The van der Waals surface area contributed by atoms with Gasteiger partial charge in [-0.15, -0.1) is 6.42 Å². The second-order valence-corrected chi connectivity index (χ2v) is 11.8. The average molecular weight is 493 g/mol. The molecule has 6 atom stereocenters. The number of nitrogens with zero attached hydrogens (tertiary/aromatic N) is 1. The summed E-state index contributed by atoms with van der Waals surface area (Å²) in [4.78, 5) is 17.5. The molecule has 1 aromatic carbocycles. The van der Waals surface area contributed by atoms with E-state index in [1.165, 1.54) is 17.7 Å². The first-order chi connectivity index (χ1) is 17.2. The Labute approximate surface area is 213 Å². The fourth-order valence-electron chi connectivity index (χ4n) is 7.92. The molecule has 0 radical (unpaired) electrons. The standard InChI is InChI=1S/C30H37FN2O3/c1-4-30(35)16-13-26-24-10-7-21-17-23(11-14-28(21,2)25(24)12-15-29(26,30)3)33-36-19-27(34)32-18-20-5-8-22(31)9-6-20/h1,5-6,8-9,17,24-26,35H,7,10-16,18-19H2,2-3H3,(H,32,34)/b33-23+/t24-,25?,26?,28+,29+,30-/m1/s1. The lowest BCUT2D eigenvalue weighted by Crippen LogP contribution is -2.54. The van der Waals surface area contributed by atoms with Crippen molar-refractivity contribution in [3.63, 3.8) is 0 Å². The molecule has 5 nitrogen and oxygen atoms in total. The van der Waals surface area contributed by atoms with E-state index in [-0.39, 0.29) is 29.2 Å². The van der Waals surface area contributed by atoms with Crippen LogP contribution in [0.1, 0.15) is 70.8 Å². The van der Waals surface area contributed by atoms with Crippen molar-refractivity contribution in [2.45, 2.75) is 77.4 Å². The Bertz CT molecular complexity index is 1120. The van der Waals surface area contributed by atoms with E-state index in [0.717, 1.165) is 62.6 Å². The third kappa shape index (κ3) is 4.16. The van der Waals surface area contributed by atoms with Gasteiger partial charge >= 0.3 is 0 Å². The van der Waals surface area contributed by atoms with Crippen LogP contribution in [0.15, 0.2) is 41.1 Å². The fourth-order valence-corrected chi connectivity index (χ4v) is 7.92. The van der Waals surface area contributed by atoms with Crippen LogP contribution in [0.5, 0.6) is 0 Å². The zero-order valence-electron chi connectivity index (χ0n) is 21.4. The van der Waals surface area contributed by atoms with Crippen molar-refractivity contribution in [1.82, 2.24) is 5.32 Å². The van der Waals surface area contributed by atoms with E-state index in [1.54, 1.807) is 12.1 Å². The minimum Gasteiger partial charge on any atom is -0.385 e. The molecule has 0 bridgehead atoms. The molecule has 5 rings (SSSR count). The number of rotatable bonds is 5. The van der Waals surface area contributed by atoms with Gasteiger partial charge in [-0.1, -0.05) is 42.6 Å². The van der Waals surface area contributed by atoms with Gasteiger partial charge in [0.25, 0.3) is 5.91 Å². The zero-order chi connectivity index (χ0) is 25.6. The van der Waals surface area contributed by atoms with E-state index < -0.39 is 5.60 Å². The molecule has 0 aliphatic heterocycles. The summed E-state index contributed by atoms with van der Waals surface area (Å²) in [7, 11) is 0. The number of benzene rings is 1. The largest absolute Gasteiger partial charge is 0.385 e. The maximum absolute atomic E-state index is 13.0. The van der Waals surface area contributed by atoms with Crippen molar-refractivity contribution in [3.8, 4) is 12.3 Å². The SMILES string of the molecule is C#C[C@@]1(O)CCC2[C@@H]3CCC4=C/C(=N/OCC(=O)NCc5ccc(F)cc5)CC[C@]4(C)C3CC[C@@]21C. The molecule has 1 aromatic rings. The second kappa shape index (κ2) is 9.34. The third-order valence-corrected chi connectivity index (χ3v) is 10.1. The highest BCUT2D eigenvalue weighted by Gasteiger charge is 2.63. The molecule has 4 aliphatic rings. The summed E-state index contributed by atoms with van der Waals surface area (Å²) in [6.45, 7) is 4.82. The summed E-state index contributed by atoms with van der Waals surface area (Å²) < 4.78 is 13.0. The molecule has 36 heavy (non-hydrogen) atoms. The van der Waals surface area contributed by atoms with Gasteiger partial charge in [-0.3, -0.25) is 4.79 Å². The lowest BCUT2D eigenvalue weighted by Gasteiger charge is -2.58. The number of oxime groups is 1. The number of allylic oxidation sites excluding steroid dienone is 2. The number of hydrogen-bond donors (Lipinski definition) is 2. The Hall–Kier alpha value is -2.65. The lowest BCUT2D eigenvalue weighted by atomic mass is 9.46. The molecule has 6 heteroatoms. The zero-order valence-corrected chi connectivity index (χ0v) is 21.4. The lowest BCUT2D eigenvalue weighted by molar-refractivity contribution is -0.125. The summed E-state index contributed by atoms with van der Waals surface area (Å²) in [5.74, 6) is 3.91. The maximum atomic E-state index is 13.0. The molecule has 4 aliphatic carbocycles. The Balaban J connectivity index is 1.19. The van der Waals surface area contributed by atoms with E-state index >= 15 is 0 Å². The average Bonchev–Trinajstić information content (AvgIpc) is 3.15. The van der Waals surface area contributed by atoms with Gasteiger partial charge < -0.3 is 15.3 Å². The van der Waals surface area contributed by atoms with Crippen LogP contribution >= 0.6 is 0 Å². The van der Waals surface area contributed by atoms with Crippen LogP contribution in [0.25, 0.3) is 0 Å². The first-order valence-corrected chi connectivity index (χ1v) is 13.3. The quantitative estimate of drug-likeness (QED) is 0.442. The van der Waals surface area contributed by atoms with Gasteiger partial charge in [-0.05, 0) is 98.3 Å². The number of nitrogens with one attached hydrogen (secondary N) is 1. The Morgan fingerprint density at radius 2 is 1.92 bits per heavy atom. The molecule has 0 saturated heterocycles. The smallest absolute Gasteiger partial charge is 0.261 e. The van der Waals surface area contributed by atoms with E-state index in [2.05, 4.69) is 36.3 Å². The first kappa shape index (κ1) is 25.0. The summed E-state index contributed by atoms with van der Waals surface area (Å²) in [5.41, 5.74) is 2.18. The van der Waals surface area contributed by atoms with Crippen molar-refractivity contribution in [2.75, 3.05) is 6.61 Å². The van der Waals surface area contributed by atoms with E-state index in [9.17, 15) is 14.3 Å². The van der Waals surface area contributed by atoms with Gasteiger partial charge in [0.05, 0.1) is 5.71 Å². The molecule has 0 spiro atoms. The van der Waals surface area contributed by atoms with Crippen LogP contribution in [-0.2, 0) is 16.2 Å². The van der Waals surface area contributed by atoms with Gasteiger partial charge in [0.1, 0.15) is 11.4 Å². The number of carbonyl (C=O) groups is 1. The van der Waals surface area contributed by atoms with Crippen LogP contribution in [-0.4, -0.2) is 28.9 Å². The number of hydrogen-bond acceptors (Lipinski definition) is 4. The molecule has 3 saturated carbocycles. The van der Waals surface area contributed by atoms with Crippen LogP contribution < -0.4 is 5.32 Å². The molecule has 0 aromatic heterocycles. The van der Waals surface area contributed by atoms with Crippen LogP contribution in [0.3, 0.4) is 0 Å². The molecular formula is C30H37FN2O3. The van der Waals surface area contributed by atoms with Crippen molar-refractivity contribution >= 4 is 11.6 Å². The topological polar surface area (TPSA) is 70.9 Å². The highest BCUT2D eigenvalue weighted by Crippen LogP contribution is 2.67. The van der Waals surface area contributed by atoms with Gasteiger partial charge in [-0.25, -0.2) is 4.39 Å². The number of carbonyl (C=O) groups excluding carboxylic acids is 1. The first-order valence-electron chi connectivity index (χ1n) is 13.3. The van der Waals surface area contributed by atoms with E-state index in [4.69, 9.17) is 11.3 Å². The summed E-state index contributed by atoms with van der Waals surface area (Å²) in [6.07, 6.45) is 15.9. The van der Waals surface area contributed by atoms with Crippen LogP contribution in [0.2, 0.25) is 0 Å². The monoisotopic (exact) mass is 492 g/mol. The van der Waals surface area contributed by atoms with Gasteiger partial charge in [0.15, 0.2) is 6.61 Å². The molecule has 2 unspecified atom stereocenters. The minimum absolute atomic E-state index is 0.145. The summed E-state index contributed by atoms with van der Waals surface area (Å²) >= 11 is 0. The Morgan fingerprint density at radius 3 is 2.67 bits per heavy atom. The highest BCUT2D eigenvalue weighted by atomic mass is 19.1. The second-order valence-electron chi connectivity index (χ2n) is 11.8. The molecule has 1 amide bonds. The predicted octanol–water partition coefficient (Wildman–Crippen LogP) is 5.14. The molecular weight excluding hydrogens is 455 g/mol. The van der Waals surface area contributed by atoms with Gasteiger partial charge in [-0.2, -0.15) is 0 Å². The highest BCUT2D eigenvalue weighted by molar-refractivity contribution is 5.96. The fraction of sp³-hybridized carbons (Fsp3) is 0.600. The molecule has 2 N–H and O–H groups in total. The Kier molecular flexibility index (Phi) is 6.49. The van der Waals surface area contributed by atoms with Gasteiger partial charge in [0, 0.05) is 12.0 Å². The maximum Gasteiger partial charge on any atom is 0.261 e. The Morgan fingerprint density at radius 1 is 1.17 bits per heavy atom. The van der Waals surface area contributed by atoms with Crippen molar-refractivity contribution in [3.05, 3.63) is 47.3 Å². The molecule has 192 valence electrons. The summed E-state index contributed by atoms with van der Waals surface area (Å²) in [5, 5.41) is 18.2. The predicted molar refractivity (Wildman–Crippen MR) is 137 cm³/mol. The number of amides is 1. The number of aliphatic hydroxyl groups is 1. The minimum atomic E-state index is -0.964. The van der Waals surface area contributed by atoms with Crippen molar-refractivity contribution in [1.29, 1.82) is 0 Å². The molecule has 3 fully saturated rings. The normalized spacial score (nSPS) is 38.2. The number of terminal acetylenes is 1. The van der Waals surface area contributed by atoms with Crippen LogP contribution in [0, 0.1) is 46.7 Å². The number of halogens is 1. The van der Waals surface area contributed by atoms with E-state index in [0.29, 0.717) is 24.3 Å². The van der Waals surface area contributed by atoms with Crippen molar-refractivity contribution in [2.24, 2.45) is 33.7 Å². The molecule has 0 heterocycles. The van der Waals surface area contributed by atoms with E-state index in [1.807, 2.05) is 0 Å². The summed E-state index contributed by atoms with van der Waals surface area (Å²) in [6, 6.07) is 6.04. The number of fused-ring (bicyclic) bond motifs is 5.